The highest BCUT2D eigenvalue weighted by Crippen LogP contribution is 2.38. The molecule has 1 aromatic heterocycles. The molecule has 0 saturated heterocycles. The van der Waals surface area contributed by atoms with Crippen LogP contribution in [0.1, 0.15) is 37.8 Å². The Hall–Kier alpha value is -1.41. The summed E-state index contributed by atoms with van der Waals surface area (Å²) in [5.41, 5.74) is 2.52. The van der Waals surface area contributed by atoms with Crippen molar-refractivity contribution in [3.8, 4) is 0 Å². The Bertz CT molecular complexity index is 526. The van der Waals surface area contributed by atoms with Gasteiger partial charge in [-0.25, -0.2) is 0 Å². The van der Waals surface area contributed by atoms with Crippen LogP contribution in [0.4, 0.5) is 0 Å². The van der Waals surface area contributed by atoms with Crippen LogP contribution in [0.15, 0.2) is 36.5 Å². The number of fused-ring (bicyclic) bond motifs is 1. The van der Waals surface area contributed by atoms with Crippen LogP contribution in [0.25, 0.3) is 10.9 Å². The molecule has 0 radical (unpaired) electrons. The summed E-state index contributed by atoms with van der Waals surface area (Å²) in [5, 5.41) is 4.93. The fourth-order valence-electron chi connectivity index (χ4n) is 2.68. The first-order chi connectivity index (χ1) is 8.88. The Kier molecular flexibility index (Phi) is 3.28. The number of rotatable bonds is 5. The monoisotopic (exact) mass is 240 g/mol. The van der Waals surface area contributed by atoms with Gasteiger partial charge in [0.1, 0.15) is 0 Å². The van der Waals surface area contributed by atoms with Crippen molar-refractivity contribution in [2.45, 2.75) is 32.2 Å². The van der Waals surface area contributed by atoms with Gasteiger partial charge in [-0.3, -0.25) is 4.98 Å². The summed E-state index contributed by atoms with van der Waals surface area (Å²) in [7, 11) is 0. The molecule has 3 rings (SSSR count). The Labute approximate surface area is 108 Å². The molecule has 0 spiro atoms. The van der Waals surface area contributed by atoms with Gasteiger partial charge in [-0.05, 0) is 36.6 Å². The van der Waals surface area contributed by atoms with Gasteiger partial charge in [0.2, 0.25) is 0 Å². The number of hydrogen-bond donors (Lipinski definition) is 1. The second kappa shape index (κ2) is 5.07. The molecule has 1 fully saturated rings. The van der Waals surface area contributed by atoms with E-state index in [1.807, 2.05) is 6.20 Å². The number of pyridine rings is 1. The van der Waals surface area contributed by atoms with E-state index in [0.29, 0.717) is 6.04 Å². The molecular weight excluding hydrogens is 220 g/mol. The van der Waals surface area contributed by atoms with Crippen LogP contribution in [-0.4, -0.2) is 11.5 Å². The molecule has 1 aliphatic carbocycles. The molecule has 0 amide bonds. The standard InChI is InChI=1S/C16H20N2/c1-2-17-16(11-12-7-8-12)14-9-10-18-15-6-4-3-5-13(14)15/h3-6,9-10,12,16-17H,2,7-8,11H2,1H3. The molecule has 1 atom stereocenters. The van der Waals surface area contributed by atoms with Crippen molar-refractivity contribution in [1.29, 1.82) is 0 Å². The third-order valence-corrected chi connectivity index (χ3v) is 3.77. The number of benzene rings is 1. The first kappa shape index (κ1) is 11.7. The summed E-state index contributed by atoms with van der Waals surface area (Å²) in [6.07, 6.45) is 6.02. The molecule has 2 nitrogen and oxygen atoms in total. The van der Waals surface area contributed by atoms with Gasteiger partial charge in [0.05, 0.1) is 5.52 Å². The summed E-state index contributed by atoms with van der Waals surface area (Å²) >= 11 is 0. The van der Waals surface area contributed by atoms with Crippen LogP contribution in [0, 0.1) is 5.92 Å². The number of hydrogen-bond acceptors (Lipinski definition) is 2. The zero-order valence-corrected chi connectivity index (χ0v) is 10.9. The number of aromatic nitrogens is 1. The Morgan fingerprint density at radius 3 is 2.89 bits per heavy atom. The molecule has 1 aliphatic rings. The summed E-state index contributed by atoms with van der Waals surface area (Å²) < 4.78 is 0. The van der Waals surface area contributed by atoms with E-state index < -0.39 is 0 Å². The molecule has 1 unspecified atom stereocenters. The fourth-order valence-corrected chi connectivity index (χ4v) is 2.68. The van der Waals surface area contributed by atoms with E-state index in [0.717, 1.165) is 18.0 Å². The van der Waals surface area contributed by atoms with Crippen molar-refractivity contribution >= 4 is 10.9 Å². The molecule has 0 bridgehead atoms. The van der Waals surface area contributed by atoms with Crippen molar-refractivity contribution < 1.29 is 0 Å². The highest BCUT2D eigenvalue weighted by atomic mass is 14.9. The minimum Gasteiger partial charge on any atom is -0.310 e. The van der Waals surface area contributed by atoms with E-state index in [-0.39, 0.29) is 0 Å². The maximum absolute atomic E-state index is 4.45. The average molecular weight is 240 g/mol. The van der Waals surface area contributed by atoms with Gasteiger partial charge >= 0.3 is 0 Å². The summed E-state index contributed by atoms with van der Waals surface area (Å²) in [4.78, 5) is 4.45. The van der Waals surface area contributed by atoms with E-state index in [4.69, 9.17) is 0 Å². The van der Waals surface area contributed by atoms with E-state index in [9.17, 15) is 0 Å². The predicted octanol–water partition coefficient (Wildman–Crippen LogP) is 3.69. The van der Waals surface area contributed by atoms with Gasteiger partial charge in [0.15, 0.2) is 0 Å². The molecule has 2 heteroatoms. The Balaban J connectivity index is 1.98. The van der Waals surface area contributed by atoms with Crippen molar-refractivity contribution in [2.24, 2.45) is 5.92 Å². The first-order valence-corrected chi connectivity index (χ1v) is 6.95. The molecule has 18 heavy (non-hydrogen) atoms. The zero-order valence-electron chi connectivity index (χ0n) is 10.9. The van der Waals surface area contributed by atoms with E-state index in [1.54, 1.807) is 0 Å². The van der Waals surface area contributed by atoms with Gasteiger partial charge in [-0.2, -0.15) is 0 Å². The van der Waals surface area contributed by atoms with Crippen molar-refractivity contribution in [1.82, 2.24) is 10.3 Å². The third-order valence-electron chi connectivity index (χ3n) is 3.77. The molecule has 0 aliphatic heterocycles. The molecule has 1 heterocycles. The largest absolute Gasteiger partial charge is 0.310 e. The van der Waals surface area contributed by atoms with Crippen LogP contribution in [-0.2, 0) is 0 Å². The van der Waals surface area contributed by atoms with Crippen LogP contribution < -0.4 is 5.32 Å². The highest BCUT2D eigenvalue weighted by molar-refractivity contribution is 5.82. The van der Waals surface area contributed by atoms with Crippen molar-refractivity contribution in [3.05, 3.63) is 42.1 Å². The van der Waals surface area contributed by atoms with Gasteiger partial charge in [-0.15, -0.1) is 0 Å². The topological polar surface area (TPSA) is 24.9 Å². The predicted molar refractivity (Wildman–Crippen MR) is 75.5 cm³/mol. The quantitative estimate of drug-likeness (QED) is 0.862. The van der Waals surface area contributed by atoms with Crippen LogP contribution >= 0.6 is 0 Å². The van der Waals surface area contributed by atoms with Gasteiger partial charge < -0.3 is 5.32 Å². The van der Waals surface area contributed by atoms with E-state index >= 15 is 0 Å². The average Bonchev–Trinajstić information content (AvgIpc) is 3.22. The van der Waals surface area contributed by atoms with Crippen molar-refractivity contribution in [2.75, 3.05) is 6.54 Å². The van der Waals surface area contributed by atoms with E-state index in [2.05, 4.69) is 47.6 Å². The lowest BCUT2D eigenvalue weighted by atomic mass is 9.97. The van der Waals surface area contributed by atoms with Gasteiger partial charge in [0.25, 0.3) is 0 Å². The zero-order chi connectivity index (χ0) is 12.4. The molecule has 1 N–H and O–H groups in total. The highest BCUT2D eigenvalue weighted by Gasteiger charge is 2.26. The second-order valence-electron chi connectivity index (χ2n) is 5.21. The summed E-state index contributed by atoms with van der Waals surface area (Å²) in [5.74, 6) is 0.931. The fraction of sp³-hybridized carbons (Fsp3) is 0.438. The van der Waals surface area contributed by atoms with Crippen LogP contribution in [0.5, 0.6) is 0 Å². The Morgan fingerprint density at radius 2 is 2.11 bits per heavy atom. The number of nitrogens with zero attached hydrogens (tertiary/aromatic N) is 1. The van der Waals surface area contributed by atoms with Gasteiger partial charge in [-0.1, -0.05) is 38.0 Å². The summed E-state index contributed by atoms with van der Waals surface area (Å²) in [6, 6.07) is 11.1. The minimum atomic E-state index is 0.482. The third kappa shape index (κ3) is 2.39. The number of para-hydroxylation sites is 1. The van der Waals surface area contributed by atoms with Crippen molar-refractivity contribution in [3.63, 3.8) is 0 Å². The maximum atomic E-state index is 4.45. The SMILES string of the molecule is CCNC(CC1CC1)c1ccnc2ccccc12. The van der Waals surface area contributed by atoms with E-state index in [1.165, 1.54) is 30.2 Å². The minimum absolute atomic E-state index is 0.482. The molecule has 1 aromatic carbocycles. The first-order valence-electron chi connectivity index (χ1n) is 6.95. The van der Waals surface area contributed by atoms with Crippen LogP contribution in [0.3, 0.4) is 0 Å². The lowest BCUT2D eigenvalue weighted by molar-refractivity contribution is 0.489. The second-order valence-corrected chi connectivity index (χ2v) is 5.21. The maximum Gasteiger partial charge on any atom is 0.0705 e. The summed E-state index contributed by atoms with van der Waals surface area (Å²) in [6.45, 7) is 3.21. The Morgan fingerprint density at radius 1 is 1.28 bits per heavy atom. The lowest BCUT2D eigenvalue weighted by Gasteiger charge is -2.19. The molecule has 1 saturated carbocycles. The van der Waals surface area contributed by atoms with Crippen LogP contribution in [0.2, 0.25) is 0 Å². The molecule has 2 aromatic rings. The normalized spacial score (nSPS) is 16.9. The smallest absolute Gasteiger partial charge is 0.0705 e. The van der Waals surface area contributed by atoms with Gasteiger partial charge in [0, 0.05) is 17.6 Å². The number of nitrogens with one attached hydrogen (secondary N) is 1. The lowest BCUT2D eigenvalue weighted by Crippen LogP contribution is -2.21. The molecule has 94 valence electrons. The molecular formula is C16H20N2.